The molecule has 0 aromatic rings. The molecular weight excluding hydrogens is 650 g/mol. The number of rotatable bonds is 9. The Labute approximate surface area is 298 Å². The lowest BCUT2D eigenvalue weighted by molar-refractivity contribution is -0.316. The molecule has 11 unspecified atom stereocenters. The molecule has 3 saturated heterocycles. The van der Waals surface area contributed by atoms with E-state index in [0.717, 1.165) is 5.57 Å². The number of nitrogens with zero attached hydrogens (tertiary/aromatic N) is 1. The molecule has 2 bridgehead atoms. The molecule has 0 saturated carbocycles. The van der Waals surface area contributed by atoms with E-state index >= 15 is 0 Å². The van der Waals surface area contributed by atoms with Crippen molar-refractivity contribution in [1.82, 2.24) is 4.90 Å². The van der Waals surface area contributed by atoms with E-state index in [9.17, 15) is 25.2 Å². The van der Waals surface area contributed by atoms with Crippen molar-refractivity contribution in [3.8, 4) is 0 Å². The van der Waals surface area contributed by atoms with Gasteiger partial charge in [-0.15, -0.1) is 0 Å². The van der Waals surface area contributed by atoms with Crippen LogP contribution in [0, 0.1) is 17.8 Å². The van der Waals surface area contributed by atoms with E-state index in [1.54, 1.807) is 27.7 Å². The minimum atomic E-state index is -1.82. The first-order valence-electron chi connectivity index (χ1n) is 18.3. The maximum atomic E-state index is 14.3. The van der Waals surface area contributed by atoms with Gasteiger partial charge in [0.1, 0.15) is 41.4 Å². The zero-order valence-electron chi connectivity index (χ0n) is 32.4. The molecule has 0 amide bonds. The summed E-state index contributed by atoms with van der Waals surface area (Å²) in [6, 6.07) is -0.223. The van der Waals surface area contributed by atoms with Gasteiger partial charge in [0, 0.05) is 31.9 Å². The Kier molecular flexibility index (Phi) is 12.8. The maximum absolute atomic E-state index is 14.3. The van der Waals surface area contributed by atoms with Gasteiger partial charge in [-0.05, 0) is 81.0 Å². The molecule has 3 fully saturated rings. The quantitative estimate of drug-likeness (QED) is 0.258. The Bertz CT molecular complexity index is 1210. The molecule has 0 aromatic carbocycles. The van der Waals surface area contributed by atoms with Gasteiger partial charge < -0.3 is 58.5 Å². The number of esters is 1. The number of carbonyl (C=O) groups is 1. The first kappa shape index (κ1) is 41.4. The van der Waals surface area contributed by atoms with Gasteiger partial charge in [0.05, 0.1) is 41.9 Å². The van der Waals surface area contributed by atoms with Crippen LogP contribution in [-0.4, -0.2) is 137 Å². The Morgan fingerprint density at radius 3 is 2.28 bits per heavy atom. The molecule has 4 aliphatic heterocycles. The molecule has 13 heteroatoms. The average Bonchev–Trinajstić information content (AvgIpc) is 3.36. The highest BCUT2D eigenvalue weighted by atomic mass is 16.7. The zero-order valence-corrected chi connectivity index (χ0v) is 32.4. The van der Waals surface area contributed by atoms with Crippen LogP contribution in [0.5, 0.6) is 0 Å². The Morgan fingerprint density at radius 2 is 1.70 bits per heavy atom. The normalized spacial score (nSPS) is 46.5. The summed E-state index contributed by atoms with van der Waals surface area (Å²) in [6.45, 7) is 18.0. The highest BCUT2D eigenvalue weighted by Crippen LogP contribution is 2.48. The molecule has 290 valence electrons. The summed E-state index contributed by atoms with van der Waals surface area (Å²) in [5, 5.41) is 45.2. The monoisotopic (exact) mass is 715 g/mol. The summed E-state index contributed by atoms with van der Waals surface area (Å²) in [5.41, 5.74) is -2.95. The van der Waals surface area contributed by atoms with Crippen LogP contribution in [-0.2, 0) is 38.0 Å². The number of cyclic esters (lactones) is 1. The molecule has 4 aliphatic rings. The van der Waals surface area contributed by atoms with Crippen molar-refractivity contribution in [3.05, 3.63) is 11.3 Å². The van der Waals surface area contributed by atoms with Crippen LogP contribution in [0.15, 0.2) is 11.3 Å². The van der Waals surface area contributed by atoms with Crippen molar-refractivity contribution in [3.63, 3.8) is 0 Å². The number of hydrogen-bond acceptors (Lipinski definition) is 13. The first-order chi connectivity index (χ1) is 23.1. The van der Waals surface area contributed by atoms with Crippen LogP contribution in [0.1, 0.15) is 94.9 Å². The molecule has 13 nitrogen and oxygen atoms in total. The molecule has 0 radical (unpaired) electrons. The van der Waals surface area contributed by atoms with Crippen LogP contribution < -0.4 is 0 Å². The number of aliphatic hydroxyl groups is 4. The van der Waals surface area contributed by atoms with Crippen molar-refractivity contribution in [1.29, 1.82) is 0 Å². The first-order valence-corrected chi connectivity index (χ1v) is 18.3. The molecule has 0 spiro atoms. The predicted octanol–water partition coefficient (Wildman–Crippen LogP) is 2.89. The summed E-state index contributed by atoms with van der Waals surface area (Å²) in [5.74, 6) is -2.26. The Morgan fingerprint density at radius 1 is 1.06 bits per heavy atom. The average molecular weight is 716 g/mol. The number of carbonyl (C=O) groups excluding carboxylic acids is 1. The largest absolute Gasteiger partial charge is 0.488 e. The minimum Gasteiger partial charge on any atom is -0.488 e. The summed E-state index contributed by atoms with van der Waals surface area (Å²) < 4.78 is 44.8. The third-order valence-electron chi connectivity index (χ3n) is 11.9. The van der Waals surface area contributed by atoms with Gasteiger partial charge in [-0.25, -0.2) is 0 Å². The number of hydrogen-bond donors (Lipinski definition) is 4. The van der Waals surface area contributed by atoms with Crippen molar-refractivity contribution >= 4 is 5.97 Å². The molecular formula is C37H65NO12. The van der Waals surface area contributed by atoms with Gasteiger partial charge >= 0.3 is 5.97 Å². The molecule has 0 aliphatic carbocycles. The fraction of sp³-hybridized carbons (Fsp3) is 0.919. The lowest BCUT2D eigenvalue weighted by Crippen LogP contribution is -2.60. The molecule has 4 N–H and O–H groups in total. The van der Waals surface area contributed by atoms with Gasteiger partial charge in [-0.2, -0.15) is 0 Å². The second-order valence-corrected chi connectivity index (χ2v) is 16.3. The minimum absolute atomic E-state index is 0.174. The van der Waals surface area contributed by atoms with Gasteiger partial charge in [0.15, 0.2) is 12.6 Å². The van der Waals surface area contributed by atoms with Gasteiger partial charge in [0.25, 0.3) is 0 Å². The summed E-state index contributed by atoms with van der Waals surface area (Å²) in [7, 11) is 5.35. The highest BCUT2D eigenvalue weighted by Gasteiger charge is 2.57. The third-order valence-corrected chi connectivity index (χ3v) is 11.9. The van der Waals surface area contributed by atoms with Crippen LogP contribution in [0.2, 0.25) is 0 Å². The molecule has 50 heavy (non-hydrogen) atoms. The van der Waals surface area contributed by atoms with E-state index in [1.165, 1.54) is 14.0 Å². The molecule has 17 atom stereocenters. The van der Waals surface area contributed by atoms with E-state index in [-0.39, 0.29) is 25.0 Å². The SMILES string of the molecule is CC[C@@H](O)[C@](C)(O)C1OC(=O)[C@@H](C)C(OC2CC(C)(OC)C(O)C(C)O2)[C@@H](C)[C@H](OC2OC(C)CC(N(C)C)C2O)C2(C)CC(C)=C(O2)[C@H]1C. The van der Waals surface area contributed by atoms with Crippen LogP contribution in [0.25, 0.3) is 0 Å². The van der Waals surface area contributed by atoms with Gasteiger partial charge in [0.2, 0.25) is 0 Å². The summed E-state index contributed by atoms with van der Waals surface area (Å²) >= 11 is 0. The smallest absolute Gasteiger partial charge is 0.311 e. The van der Waals surface area contributed by atoms with E-state index in [2.05, 4.69) is 0 Å². The second-order valence-electron chi connectivity index (χ2n) is 16.3. The molecule has 4 rings (SSSR count). The Hall–Kier alpha value is -1.39. The van der Waals surface area contributed by atoms with Crippen molar-refractivity contribution in [2.45, 2.75) is 179 Å². The Balaban J connectivity index is 1.83. The third kappa shape index (κ3) is 7.93. The van der Waals surface area contributed by atoms with Crippen LogP contribution in [0.4, 0.5) is 0 Å². The van der Waals surface area contributed by atoms with Crippen molar-refractivity contribution in [2.24, 2.45) is 17.8 Å². The number of methoxy groups -OCH3 is 1. The van der Waals surface area contributed by atoms with Gasteiger partial charge in [-0.1, -0.05) is 20.8 Å². The summed E-state index contributed by atoms with van der Waals surface area (Å²) in [4.78, 5) is 16.2. The molecule has 0 aromatic heterocycles. The summed E-state index contributed by atoms with van der Waals surface area (Å²) in [6.07, 6.45) is -7.24. The number of likely N-dealkylation sites (N-methyl/N-ethyl adjacent to an activating group) is 1. The van der Waals surface area contributed by atoms with Crippen molar-refractivity contribution in [2.75, 3.05) is 21.2 Å². The van der Waals surface area contributed by atoms with E-state index in [4.69, 9.17) is 33.2 Å². The van der Waals surface area contributed by atoms with Crippen LogP contribution in [0.3, 0.4) is 0 Å². The lowest BCUT2D eigenvalue weighted by atomic mass is 9.78. The number of ether oxygens (including phenoxy) is 7. The fourth-order valence-corrected chi connectivity index (χ4v) is 8.73. The van der Waals surface area contributed by atoms with Crippen LogP contribution >= 0.6 is 0 Å². The zero-order chi connectivity index (χ0) is 37.7. The lowest BCUT2D eigenvalue weighted by Gasteiger charge is -2.48. The maximum Gasteiger partial charge on any atom is 0.311 e. The topological polar surface area (TPSA) is 166 Å². The van der Waals surface area contributed by atoms with E-state index in [0.29, 0.717) is 18.6 Å². The number of aliphatic hydroxyl groups excluding tert-OH is 3. The van der Waals surface area contributed by atoms with Crippen molar-refractivity contribution < 1.29 is 58.4 Å². The van der Waals surface area contributed by atoms with E-state index < -0.39 is 95.8 Å². The number of fused-ring (bicyclic) bond motifs is 2. The molecule has 4 heterocycles. The van der Waals surface area contributed by atoms with E-state index in [1.807, 2.05) is 53.6 Å². The second kappa shape index (κ2) is 15.5. The standard InChI is InChI=1S/C37H65NO12/c1-14-25(39)37(10,43)32-20(4)28-18(2)16-36(9,50-28)31(49-34-27(40)24(38(11)12)15-19(3)45-34)21(5)29(22(6)33(42)48-32)47-26-17-35(8,44-13)30(41)23(7)46-26/h19-27,29-32,34,39-41,43H,14-17H2,1-13H3/t19?,20-,21-,22+,23?,24?,25-,26?,27?,29?,30?,31+,32?,34?,35?,36?,37+/m1/s1. The predicted molar refractivity (Wildman–Crippen MR) is 184 cm³/mol. The fourth-order valence-electron chi connectivity index (χ4n) is 8.73. The van der Waals surface area contributed by atoms with Gasteiger partial charge in [-0.3, -0.25) is 4.79 Å². The highest BCUT2D eigenvalue weighted by molar-refractivity contribution is 5.73.